The van der Waals surface area contributed by atoms with Crippen LogP contribution in [-0.4, -0.2) is 12.5 Å². The number of benzene rings is 1. The van der Waals surface area contributed by atoms with Gasteiger partial charge in [0.25, 0.3) is 0 Å². The summed E-state index contributed by atoms with van der Waals surface area (Å²) in [6, 6.07) is 9.76. The second-order valence-electron chi connectivity index (χ2n) is 4.63. The summed E-state index contributed by atoms with van der Waals surface area (Å²) in [5.41, 5.74) is 6.69. The summed E-state index contributed by atoms with van der Waals surface area (Å²) in [4.78, 5) is 11.9. The summed E-state index contributed by atoms with van der Waals surface area (Å²) in [7, 11) is 0. The van der Waals surface area contributed by atoms with Gasteiger partial charge in [0.15, 0.2) is 0 Å². The third kappa shape index (κ3) is 3.07. The Hall–Kier alpha value is -1.35. The van der Waals surface area contributed by atoms with Crippen molar-refractivity contribution in [3.05, 3.63) is 35.9 Å². The minimum Gasteiger partial charge on any atom is -0.461 e. The summed E-state index contributed by atoms with van der Waals surface area (Å²) >= 11 is 0. The van der Waals surface area contributed by atoms with Gasteiger partial charge in [-0.25, -0.2) is 0 Å². The smallest absolute Gasteiger partial charge is 0.309 e. The number of rotatable bonds is 4. The molecule has 0 spiro atoms. The molecule has 1 aromatic carbocycles. The van der Waals surface area contributed by atoms with E-state index in [0.717, 1.165) is 24.8 Å². The van der Waals surface area contributed by atoms with Crippen molar-refractivity contribution in [2.24, 2.45) is 17.6 Å². The first-order valence-electron chi connectivity index (χ1n) is 6.22. The first kappa shape index (κ1) is 12.1. The van der Waals surface area contributed by atoms with Gasteiger partial charge in [-0.1, -0.05) is 36.8 Å². The van der Waals surface area contributed by atoms with E-state index in [1.165, 1.54) is 0 Å². The first-order chi connectivity index (χ1) is 8.31. The molecule has 1 unspecified atom stereocenters. The molecule has 2 atom stereocenters. The third-order valence-electron chi connectivity index (χ3n) is 3.49. The molecular formula is C14H19NO2. The molecule has 1 aliphatic carbocycles. The molecule has 0 aliphatic heterocycles. The number of hydrogen-bond acceptors (Lipinski definition) is 3. The lowest BCUT2D eigenvalue weighted by Gasteiger charge is -2.16. The predicted octanol–water partition coefficient (Wildman–Crippen LogP) is 2.10. The highest BCUT2D eigenvalue weighted by Crippen LogP contribution is 2.31. The van der Waals surface area contributed by atoms with E-state index in [0.29, 0.717) is 19.1 Å². The van der Waals surface area contributed by atoms with Gasteiger partial charge in [0, 0.05) is 0 Å². The van der Waals surface area contributed by atoms with Crippen LogP contribution in [0, 0.1) is 11.8 Å². The van der Waals surface area contributed by atoms with Gasteiger partial charge in [0.05, 0.1) is 5.92 Å². The quantitative estimate of drug-likeness (QED) is 0.810. The maximum Gasteiger partial charge on any atom is 0.309 e. The zero-order valence-corrected chi connectivity index (χ0v) is 9.97. The van der Waals surface area contributed by atoms with Crippen molar-refractivity contribution >= 4 is 5.97 Å². The minimum absolute atomic E-state index is 0.0173. The fraction of sp³-hybridized carbons (Fsp3) is 0.500. The van der Waals surface area contributed by atoms with E-state index in [-0.39, 0.29) is 11.9 Å². The predicted molar refractivity (Wildman–Crippen MR) is 66.1 cm³/mol. The Bertz CT molecular complexity index is 364. The van der Waals surface area contributed by atoms with Crippen molar-refractivity contribution in [1.82, 2.24) is 0 Å². The van der Waals surface area contributed by atoms with Crippen LogP contribution in [0.15, 0.2) is 30.3 Å². The average Bonchev–Trinajstić information content (AvgIpc) is 2.85. The van der Waals surface area contributed by atoms with Crippen LogP contribution in [-0.2, 0) is 16.1 Å². The Balaban J connectivity index is 1.85. The van der Waals surface area contributed by atoms with Crippen molar-refractivity contribution in [3.8, 4) is 0 Å². The molecule has 3 heteroatoms. The van der Waals surface area contributed by atoms with Crippen LogP contribution >= 0.6 is 0 Å². The molecule has 0 bridgehead atoms. The summed E-state index contributed by atoms with van der Waals surface area (Å²) in [5.74, 6) is 0.254. The molecule has 0 aromatic heterocycles. The van der Waals surface area contributed by atoms with Crippen LogP contribution < -0.4 is 5.73 Å². The highest BCUT2D eigenvalue weighted by atomic mass is 16.5. The Morgan fingerprint density at radius 3 is 2.76 bits per heavy atom. The maximum atomic E-state index is 11.9. The molecule has 3 nitrogen and oxygen atoms in total. The normalized spacial score (nSPS) is 23.6. The second kappa shape index (κ2) is 5.82. The zero-order valence-electron chi connectivity index (χ0n) is 9.97. The molecule has 0 amide bonds. The molecule has 2 N–H and O–H groups in total. The molecule has 1 saturated carbocycles. The lowest BCUT2D eigenvalue weighted by atomic mass is 9.96. The average molecular weight is 233 g/mol. The molecule has 17 heavy (non-hydrogen) atoms. The van der Waals surface area contributed by atoms with Crippen molar-refractivity contribution in [1.29, 1.82) is 0 Å². The Morgan fingerprint density at radius 2 is 2.06 bits per heavy atom. The number of carbonyl (C=O) groups excluding carboxylic acids is 1. The number of nitrogens with two attached hydrogens (primary N) is 1. The molecule has 0 radical (unpaired) electrons. The first-order valence-corrected chi connectivity index (χ1v) is 6.22. The van der Waals surface area contributed by atoms with Gasteiger partial charge in [-0.2, -0.15) is 0 Å². The fourth-order valence-electron chi connectivity index (χ4n) is 2.46. The van der Waals surface area contributed by atoms with Crippen LogP contribution in [0.1, 0.15) is 24.8 Å². The van der Waals surface area contributed by atoms with Gasteiger partial charge >= 0.3 is 5.97 Å². The standard InChI is InChI=1S/C14H19NO2/c15-9-12-7-4-8-13(12)14(16)17-10-11-5-2-1-3-6-11/h1-3,5-6,12-13H,4,7-10,15H2/t12-,13?/m0/s1. The molecular weight excluding hydrogens is 214 g/mol. The molecule has 1 fully saturated rings. The Labute approximate surface area is 102 Å². The number of esters is 1. The van der Waals surface area contributed by atoms with E-state index in [1.54, 1.807) is 0 Å². The van der Waals surface area contributed by atoms with E-state index in [1.807, 2.05) is 30.3 Å². The van der Waals surface area contributed by atoms with E-state index in [2.05, 4.69) is 0 Å². The highest BCUT2D eigenvalue weighted by Gasteiger charge is 2.32. The lowest BCUT2D eigenvalue weighted by molar-refractivity contribution is -0.151. The Morgan fingerprint density at radius 1 is 1.29 bits per heavy atom. The molecule has 92 valence electrons. The van der Waals surface area contributed by atoms with Crippen LogP contribution in [0.4, 0.5) is 0 Å². The van der Waals surface area contributed by atoms with Gasteiger partial charge in [-0.3, -0.25) is 4.79 Å². The fourth-order valence-corrected chi connectivity index (χ4v) is 2.46. The highest BCUT2D eigenvalue weighted by molar-refractivity contribution is 5.73. The SMILES string of the molecule is NC[C@@H]1CCCC1C(=O)OCc1ccccc1. The van der Waals surface area contributed by atoms with Gasteiger partial charge in [-0.15, -0.1) is 0 Å². The summed E-state index contributed by atoms with van der Waals surface area (Å²) in [6.07, 6.45) is 3.07. The summed E-state index contributed by atoms with van der Waals surface area (Å²) in [5, 5.41) is 0. The molecule has 0 saturated heterocycles. The molecule has 2 rings (SSSR count). The van der Waals surface area contributed by atoms with Crippen molar-refractivity contribution in [3.63, 3.8) is 0 Å². The largest absolute Gasteiger partial charge is 0.461 e. The van der Waals surface area contributed by atoms with Gasteiger partial charge < -0.3 is 10.5 Å². The van der Waals surface area contributed by atoms with Crippen molar-refractivity contribution < 1.29 is 9.53 Å². The maximum absolute atomic E-state index is 11.9. The van der Waals surface area contributed by atoms with Gasteiger partial charge in [0.1, 0.15) is 6.61 Å². The molecule has 0 heterocycles. The van der Waals surface area contributed by atoms with Crippen LogP contribution in [0.5, 0.6) is 0 Å². The van der Waals surface area contributed by atoms with Gasteiger partial charge in [0.2, 0.25) is 0 Å². The van der Waals surface area contributed by atoms with E-state index in [4.69, 9.17) is 10.5 Å². The number of carbonyl (C=O) groups is 1. The second-order valence-corrected chi connectivity index (χ2v) is 4.63. The van der Waals surface area contributed by atoms with E-state index < -0.39 is 0 Å². The molecule has 1 aromatic rings. The topological polar surface area (TPSA) is 52.3 Å². The van der Waals surface area contributed by atoms with Gasteiger partial charge in [-0.05, 0) is 30.9 Å². The van der Waals surface area contributed by atoms with Crippen LogP contribution in [0.2, 0.25) is 0 Å². The monoisotopic (exact) mass is 233 g/mol. The van der Waals surface area contributed by atoms with E-state index >= 15 is 0 Å². The minimum atomic E-state index is -0.0817. The Kier molecular flexibility index (Phi) is 4.15. The van der Waals surface area contributed by atoms with Crippen molar-refractivity contribution in [2.45, 2.75) is 25.9 Å². The summed E-state index contributed by atoms with van der Waals surface area (Å²) in [6.45, 7) is 0.957. The van der Waals surface area contributed by atoms with E-state index in [9.17, 15) is 4.79 Å². The third-order valence-corrected chi connectivity index (χ3v) is 3.49. The lowest BCUT2D eigenvalue weighted by Crippen LogP contribution is -2.26. The van der Waals surface area contributed by atoms with Crippen LogP contribution in [0.25, 0.3) is 0 Å². The van der Waals surface area contributed by atoms with Crippen LogP contribution in [0.3, 0.4) is 0 Å². The zero-order chi connectivity index (χ0) is 12.1. The number of hydrogen-bond donors (Lipinski definition) is 1. The summed E-state index contributed by atoms with van der Waals surface area (Å²) < 4.78 is 5.35. The van der Waals surface area contributed by atoms with Crippen molar-refractivity contribution in [2.75, 3.05) is 6.54 Å². The molecule has 1 aliphatic rings. The number of ether oxygens (including phenoxy) is 1.